The molecule has 1 aromatic heterocycles. The summed E-state index contributed by atoms with van der Waals surface area (Å²) in [5.74, 6) is -0.779. The van der Waals surface area contributed by atoms with Gasteiger partial charge in [0.15, 0.2) is 0 Å². The first-order valence-electron chi connectivity index (χ1n) is 17.3. The molecular weight excluding hydrogens is 606 g/mol. The molecule has 0 unspecified atom stereocenters. The van der Waals surface area contributed by atoms with E-state index in [9.17, 15) is 19.2 Å². The van der Waals surface area contributed by atoms with E-state index in [-0.39, 0.29) is 35.6 Å². The first-order valence-corrected chi connectivity index (χ1v) is 17.3. The summed E-state index contributed by atoms with van der Waals surface area (Å²) in [6.07, 6.45) is 8.11. The van der Waals surface area contributed by atoms with Gasteiger partial charge in [-0.2, -0.15) is 5.10 Å². The Bertz CT molecular complexity index is 1520. The van der Waals surface area contributed by atoms with Crippen LogP contribution in [0.5, 0.6) is 0 Å². The third-order valence-corrected chi connectivity index (χ3v) is 9.51. The van der Waals surface area contributed by atoms with Crippen LogP contribution in [0, 0.1) is 5.92 Å². The highest BCUT2D eigenvalue weighted by Crippen LogP contribution is 2.27. The van der Waals surface area contributed by atoms with Crippen molar-refractivity contribution < 1.29 is 19.2 Å². The molecule has 2 heterocycles. The van der Waals surface area contributed by atoms with Crippen molar-refractivity contribution in [2.45, 2.75) is 89.5 Å². The summed E-state index contributed by atoms with van der Waals surface area (Å²) in [6.45, 7) is 4.60. The molecule has 5 rings (SSSR count). The maximum absolute atomic E-state index is 13.4. The monoisotopic (exact) mass is 655 g/mol. The van der Waals surface area contributed by atoms with E-state index in [0.717, 1.165) is 69.3 Å². The highest BCUT2D eigenvalue weighted by Gasteiger charge is 2.32. The van der Waals surface area contributed by atoms with E-state index in [1.54, 1.807) is 26.2 Å². The fourth-order valence-corrected chi connectivity index (χ4v) is 6.75. The minimum Gasteiger partial charge on any atom is -0.350 e. The summed E-state index contributed by atoms with van der Waals surface area (Å²) in [6, 6.07) is 18.4. The molecule has 48 heavy (non-hydrogen) atoms. The Balaban J connectivity index is 1.15. The summed E-state index contributed by atoms with van der Waals surface area (Å²) in [5, 5.41) is 16.2. The van der Waals surface area contributed by atoms with Crippen LogP contribution in [0.3, 0.4) is 0 Å². The van der Waals surface area contributed by atoms with Crippen LogP contribution in [0.15, 0.2) is 66.9 Å². The van der Waals surface area contributed by atoms with E-state index in [1.165, 1.54) is 10.2 Å². The van der Waals surface area contributed by atoms with E-state index < -0.39 is 12.1 Å². The largest absolute Gasteiger partial charge is 0.350 e. The van der Waals surface area contributed by atoms with Gasteiger partial charge in [0.25, 0.3) is 5.91 Å². The summed E-state index contributed by atoms with van der Waals surface area (Å²) in [7, 11) is 1.71. The molecule has 0 bridgehead atoms. The number of likely N-dealkylation sites (tertiary alicyclic amines) is 1. The number of benzene rings is 2. The van der Waals surface area contributed by atoms with Crippen LogP contribution in [0.2, 0.25) is 0 Å². The molecule has 0 radical (unpaired) electrons. The van der Waals surface area contributed by atoms with E-state index in [2.05, 4.69) is 43.4 Å². The molecule has 256 valence electrons. The minimum absolute atomic E-state index is 0.0274. The SMILES string of the molecule is CCC(=O)N[C@H](Cc1ccc(CNC(=O)[C@@H](NC(=O)c2ccnn2C)C2CCCCC2)cc1)C(=O)N[C@@H]1CCN(Cc2ccccc2)C1. The third-order valence-electron chi connectivity index (χ3n) is 9.51. The number of amides is 4. The van der Waals surface area contributed by atoms with E-state index in [4.69, 9.17) is 0 Å². The molecule has 1 saturated carbocycles. The molecule has 1 saturated heterocycles. The third kappa shape index (κ3) is 9.76. The van der Waals surface area contributed by atoms with Crippen molar-refractivity contribution in [3.63, 3.8) is 0 Å². The van der Waals surface area contributed by atoms with Gasteiger partial charge in [-0.05, 0) is 47.9 Å². The Morgan fingerprint density at radius 1 is 0.854 bits per heavy atom. The van der Waals surface area contributed by atoms with Gasteiger partial charge in [0, 0.05) is 58.3 Å². The van der Waals surface area contributed by atoms with Gasteiger partial charge < -0.3 is 21.3 Å². The lowest BCUT2D eigenvalue weighted by Crippen LogP contribution is -2.51. The molecule has 0 spiro atoms. The molecule has 2 aliphatic rings. The Morgan fingerprint density at radius 2 is 1.58 bits per heavy atom. The number of aromatic nitrogens is 2. The lowest BCUT2D eigenvalue weighted by atomic mass is 9.83. The van der Waals surface area contributed by atoms with Gasteiger partial charge in [0.2, 0.25) is 17.7 Å². The maximum atomic E-state index is 13.4. The Hall–Kier alpha value is -4.51. The molecule has 4 N–H and O–H groups in total. The quantitative estimate of drug-likeness (QED) is 0.211. The average Bonchev–Trinajstić information content (AvgIpc) is 3.75. The smallest absolute Gasteiger partial charge is 0.270 e. The van der Waals surface area contributed by atoms with Crippen LogP contribution >= 0.6 is 0 Å². The van der Waals surface area contributed by atoms with Crippen molar-refractivity contribution in [2.24, 2.45) is 13.0 Å². The molecule has 3 atom stereocenters. The van der Waals surface area contributed by atoms with E-state index in [0.29, 0.717) is 25.1 Å². The summed E-state index contributed by atoms with van der Waals surface area (Å²) in [4.78, 5) is 54.5. The number of nitrogens with zero attached hydrogens (tertiary/aromatic N) is 3. The summed E-state index contributed by atoms with van der Waals surface area (Å²) >= 11 is 0. The van der Waals surface area contributed by atoms with E-state index in [1.807, 2.05) is 42.5 Å². The Labute approximate surface area is 283 Å². The standard InChI is InChI=1S/C37H49N7O4/c1-3-33(45)41-31(35(46)40-30-19-21-44(25-30)24-28-10-6-4-7-11-28)22-26-14-16-27(17-15-26)23-38-37(48)34(29-12-8-5-9-13-29)42-36(47)32-18-20-39-43(32)2/h4,6-7,10-11,14-18,20,29-31,34H,3,5,8-9,12-13,19,21-25H2,1-2H3,(H,38,48)(H,40,46)(H,41,45)(H,42,47)/t30-,31-,34+/m1/s1. The second-order valence-electron chi connectivity index (χ2n) is 13.1. The van der Waals surface area contributed by atoms with Gasteiger partial charge in [-0.3, -0.25) is 28.8 Å². The second-order valence-corrected chi connectivity index (χ2v) is 13.1. The van der Waals surface area contributed by atoms with Crippen molar-refractivity contribution in [3.8, 4) is 0 Å². The van der Waals surface area contributed by atoms with Crippen molar-refractivity contribution in [2.75, 3.05) is 13.1 Å². The van der Waals surface area contributed by atoms with Crippen molar-refractivity contribution >= 4 is 23.6 Å². The highest BCUT2D eigenvalue weighted by molar-refractivity contribution is 5.96. The van der Waals surface area contributed by atoms with Crippen LogP contribution < -0.4 is 21.3 Å². The lowest BCUT2D eigenvalue weighted by molar-refractivity contribution is -0.129. The number of hydrogen-bond acceptors (Lipinski definition) is 6. The molecule has 3 aromatic rings. The van der Waals surface area contributed by atoms with Crippen molar-refractivity contribution in [3.05, 3.63) is 89.2 Å². The molecule has 4 amide bonds. The molecule has 2 aromatic carbocycles. The number of carbonyl (C=O) groups is 4. The number of rotatable bonds is 14. The predicted molar refractivity (Wildman–Crippen MR) is 184 cm³/mol. The Morgan fingerprint density at radius 3 is 2.27 bits per heavy atom. The zero-order valence-corrected chi connectivity index (χ0v) is 28.1. The molecule has 1 aliphatic heterocycles. The normalized spacial score (nSPS) is 18.1. The zero-order chi connectivity index (χ0) is 33.9. The van der Waals surface area contributed by atoms with Gasteiger partial charge in [0.1, 0.15) is 17.8 Å². The topological polar surface area (TPSA) is 137 Å². The number of nitrogens with one attached hydrogen (secondary N) is 4. The van der Waals surface area contributed by atoms with Gasteiger partial charge >= 0.3 is 0 Å². The number of hydrogen-bond donors (Lipinski definition) is 4. The first kappa shape index (κ1) is 34.8. The average molecular weight is 656 g/mol. The molecule has 11 heteroatoms. The van der Waals surface area contributed by atoms with Gasteiger partial charge in [-0.15, -0.1) is 0 Å². The lowest BCUT2D eigenvalue weighted by Gasteiger charge is -2.30. The molecule has 11 nitrogen and oxygen atoms in total. The molecule has 2 fully saturated rings. The maximum Gasteiger partial charge on any atom is 0.270 e. The fraction of sp³-hybridized carbons (Fsp3) is 0.486. The van der Waals surface area contributed by atoms with Crippen LogP contribution in [0.4, 0.5) is 0 Å². The highest BCUT2D eigenvalue weighted by atomic mass is 16.2. The second kappa shape index (κ2) is 17.1. The Kier molecular flexibility index (Phi) is 12.4. The molecule has 1 aliphatic carbocycles. The summed E-state index contributed by atoms with van der Waals surface area (Å²) in [5.41, 5.74) is 3.46. The van der Waals surface area contributed by atoms with Crippen LogP contribution in [0.25, 0.3) is 0 Å². The fourth-order valence-electron chi connectivity index (χ4n) is 6.75. The van der Waals surface area contributed by atoms with Gasteiger partial charge in [-0.25, -0.2) is 0 Å². The van der Waals surface area contributed by atoms with Crippen molar-refractivity contribution in [1.82, 2.24) is 35.9 Å². The van der Waals surface area contributed by atoms with Gasteiger partial charge in [0.05, 0.1) is 0 Å². The van der Waals surface area contributed by atoms with E-state index >= 15 is 0 Å². The zero-order valence-electron chi connectivity index (χ0n) is 28.1. The number of aryl methyl sites for hydroxylation is 1. The number of carbonyl (C=O) groups excluding carboxylic acids is 4. The van der Waals surface area contributed by atoms with Crippen molar-refractivity contribution in [1.29, 1.82) is 0 Å². The van der Waals surface area contributed by atoms with Crippen LogP contribution in [0.1, 0.15) is 79.0 Å². The van der Waals surface area contributed by atoms with Crippen LogP contribution in [-0.2, 0) is 40.9 Å². The first-order chi connectivity index (χ1) is 23.3. The summed E-state index contributed by atoms with van der Waals surface area (Å²) < 4.78 is 1.50. The predicted octanol–water partition coefficient (Wildman–Crippen LogP) is 3.24. The van der Waals surface area contributed by atoms with Gasteiger partial charge in [-0.1, -0.05) is 80.8 Å². The minimum atomic E-state index is -0.689. The van der Waals surface area contributed by atoms with Crippen LogP contribution in [-0.4, -0.2) is 69.5 Å². The molecular formula is C37H49N7O4.